The van der Waals surface area contributed by atoms with E-state index in [0.29, 0.717) is 5.56 Å². The molecule has 0 saturated heterocycles. The van der Waals surface area contributed by atoms with Gasteiger partial charge in [0.1, 0.15) is 0 Å². The summed E-state index contributed by atoms with van der Waals surface area (Å²) in [6.45, 7) is 8.38. The fourth-order valence-corrected chi connectivity index (χ4v) is 2.83. The highest BCUT2D eigenvalue weighted by atomic mass is 16.3. The zero-order valence-electron chi connectivity index (χ0n) is 18.3. The van der Waals surface area contributed by atoms with E-state index in [0.717, 1.165) is 31.3 Å². The number of aromatic hydroxyl groups is 2. The van der Waals surface area contributed by atoms with Crippen LogP contribution in [0.2, 0.25) is 0 Å². The van der Waals surface area contributed by atoms with Gasteiger partial charge in [0.05, 0.1) is 12.6 Å². The van der Waals surface area contributed by atoms with E-state index in [-0.39, 0.29) is 24.0 Å². The molecule has 5 heteroatoms. The molecular formula is C24H35NO4. The number of carbonyl (C=O) groups is 1. The standard InChI is InChI=1S/C24H35NO4/c1-17(2)8-6-9-18(3)10-7-11-19(4)14-24(29)25(5)16-23(28)20-12-13-21(26)22(27)15-20/h8,10,12-15,23,26-28H,6-7,9,11,16H2,1-5H3. The highest BCUT2D eigenvalue weighted by Crippen LogP contribution is 2.28. The van der Waals surface area contributed by atoms with Crippen molar-refractivity contribution in [3.05, 3.63) is 58.7 Å². The van der Waals surface area contributed by atoms with Gasteiger partial charge in [-0.3, -0.25) is 4.79 Å². The van der Waals surface area contributed by atoms with Crippen molar-refractivity contribution in [3.8, 4) is 11.5 Å². The zero-order chi connectivity index (χ0) is 22.0. The van der Waals surface area contributed by atoms with Crippen molar-refractivity contribution in [2.24, 2.45) is 0 Å². The molecule has 1 aromatic carbocycles. The molecule has 0 heterocycles. The lowest BCUT2D eigenvalue weighted by Gasteiger charge is -2.20. The van der Waals surface area contributed by atoms with E-state index in [4.69, 9.17) is 0 Å². The summed E-state index contributed by atoms with van der Waals surface area (Å²) in [5.74, 6) is -0.713. The lowest BCUT2D eigenvalue weighted by Crippen LogP contribution is -2.29. The van der Waals surface area contributed by atoms with Crippen LogP contribution in [0.25, 0.3) is 0 Å². The number of carbonyl (C=O) groups excluding carboxylic acids is 1. The topological polar surface area (TPSA) is 81.0 Å². The molecule has 1 unspecified atom stereocenters. The van der Waals surface area contributed by atoms with Crippen LogP contribution < -0.4 is 0 Å². The van der Waals surface area contributed by atoms with Crippen molar-refractivity contribution >= 4 is 5.91 Å². The Kier molecular flexibility index (Phi) is 10.2. The number of aliphatic hydroxyl groups excluding tert-OH is 1. The number of benzene rings is 1. The van der Waals surface area contributed by atoms with E-state index in [9.17, 15) is 20.1 Å². The predicted octanol–water partition coefficient (Wildman–Crippen LogP) is 5.01. The lowest BCUT2D eigenvalue weighted by atomic mass is 10.1. The van der Waals surface area contributed by atoms with Crippen molar-refractivity contribution in [1.29, 1.82) is 0 Å². The fourth-order valence-electron chi connectivity index (χ4n) is 2.83. The van der Waals surface area contributed by atoms with Gasteiger partial charge in [-0.2, -0.15) is 0 Å². The summed E-state index contributed by atoms with van der Waals surface area (Å²) in [5.41, 5.74) is 4.13. The first-order chi connectivity index (χ1) is 13.6. The number of aliphatic hydroxyl groups is 1. The van der Waals surface area contributed by atoms with Crippen molar-refractivity contribution in [1.82, 2.24) is 4.90 Å². The van der Waals surface area contributed by atoms with Gasteiger partial charge in [0.25, 0.3) is 0 Å². The number of nitrogens with zero attached hydrogens (tertiary/aromatic N) is 1. The first kappa shape index (κ1) is 24.5. The minimum absolute atomic E-state index is 0.0935. The van der Waals surface area contributed by atoms with E-state index in [2.05, 4.69) is 32.9 Å². The largest absolute Gasteiger partial charge is 0.504 e. The predicted molar refractivity (Wildman–Crippen MR) is 118 cm³/mol. The smallest absolute Gasteiger partial charge is 0.246 e. The van der Waals surface area contributed by atoms with Crippen LogP contribution in [0.1, 0.15) is 65.0 Å². The van der Waals surface area contributed by atoms with Gasteiger partial charge in [0, 0.05) is 13.1 Å². The zero-order valence-corrected chi connectivity index (χ0v) is 18.3. The second-order valence-corrected chi connectivity index (χ2v) is 7.88. The molecule has 1 amide bonds. The average Bonchev–Trinajstić information content (AvgIpc) is 2.63. The maximum absolute atomic E-state index is 12.4. The van der Waals surface area contributed by atoms with Crippen LogP contribution in [0.5, 0.6) is 11.5 Å². The molecule has 0 aliphatic rings. The molecule has 1 atom stereocenters. The molecule has 0 aliphatic carbocycles. The monoisotopic (exact) mass is 401 g/mol. The van der Waals surface area contributed by atoms with Crippen LogP contribution in [0.4, 0.5) is 0 Å². The van der Waals surface area contributed by atoms with Crippen LogP contribution in [-0.2, 0) is 4.79 Å². The Bertz CT molecular complexity index is 773. The number of rotatable bonds is 10. The molecule has 0 bridgehead atoms. The Labute approximate surface area is 174 Å². The maximum atomic E-state index is 12.4. The van der Waals surface area contributed by atoms with Gasteiger partial charge in [-0.05, 0) is 71.1 Å². The Balaban J connectivity index is 2.51. The van der Waals surface area contributed by atoms with Gasteiger partial charge < -0.3 is 20.2 Å². The maximum Gasteiger partial charge on any atom is 0.246 e. The quantitative estimate of drug-likeness (QED) is 0.292. The van der Waals surface area contributed by atoms with E-state index in [1.807, 2.05) is 6.92 Å². The average molecular weight is 402 g/mol. The number of likely N-dealkylation sites (N-methyl/N-ethyl adjacent to an activating group) is 1. The molecule has 29 heavy (non-hydrogen) atoms. The van der Waals surface area contributed by atoms with Gasteiger partial charge in [-0.25, -0.2) is 0 Å². The van der Waals surface area contributed by atoms with Crippen LogP contribution in [-0.4, -0.2) is 39.7 Å². The molecule has 0 saturated carbocycles. The molecule has 5 nitrogen and oxygen atoms in total. The Morgan fingerprint density at radius 3 is 2.24 bits per heavy atom. The van der Waals surface area contributed by atoms with Crippen LogP contribution in [0.3, 0.4) is 0 Å². The van der Waals surface area contributed by atoms with E-state index in [1.54, 1.807) is 13.1 Å². The molecule has 0 radical (unpaired) electrons. The van der Waals surface area contributed by atoms with Crippen molar-refractivity contribution in [2.75, 3.05) is 13.6 Å². The van der Waals surface area contributed by atoms with Crippen molar-refractivity contribution < 1.29 is 20.1 Å². The number of hydrogen-bond donors (Lipinski definition) is 3. The Hall–Kier alpha value is -2.53. The molecule has 0 aromatic heterocycles. The van der Waals surface area contributed by atoms with Gasteiger partial charge in [-0.1, -0.05) is 34.9 Å². The molecule has 0 fully saturated rings. The molecule has 3 N–H and O–H groups in total. The number of hydrogen-bond acceptors (Lipinski definition) is 4. The first-order valence-electron chi connectivity index (χ1n) is 10.0. The minimum Gasteiger partial charge on any atom is -0.504 e. The third kappa shape index (κ3) is 9.48. The molecule has 0 aliphatic heterocycles. The molecular weight excluding hydrogens is 366 g/mol. The van der Waals surface area contributed by atoms with Crippen LogP contribution in [0, 0.1) is 0 Å². The third-order valence-electron chi connectivity index (χ3n) is 4.70. The van der Waals surface area contributed by atoms with Gasteiger partial charge >= 0.3 is 0 Å². The summed E-state index contributed by atoms with van der Waals surface area (Å²) < 4.78 is 0. The summed E-state index contributed by atoms with van der Waals surface area (Å²) in [5, 5.41) is 29.2. The van der Waals surface area contributed by atoms with Crippen molar-refractivity contribution in [2.45, 2.75) is 59.5 Å². The molecule has 160 valence electrons. The van der Waals surface area contributed by atoms with E-state index in [1.165, 1.54) is 34.2 Å². The number of amides is 1. The summed E-state index contributed by atoms with van der Waals surface area (Å²) in [4.78, 5) is 13.8. The van der Waals surface area contributed by atoms with E-state index < -0.39 is 6.10 Å². The van der Waals surface area contributed by atoms with Gasteiger partial charge in [0.15, 0.2) is 11.5 Å². The first-order valence-corrected chi connectivity index (χ1v) is 10.0. The van der Waals surface area contributed by atoms with Crippen LogP contribution >= 0.6 is 0 Å². The third-order valence-corrected chi connectivity index (χ3v) is 4.70. The second-order valence-electron chi connectivity index (χ2n) is 7.88. The summed E-state index contributed by atoms with van der Waals surface area (Å²) in [6, 6.07) is 4.13. The number of phenolic OH excluding ortho intramolecular Hbond substituents is 2. The normalized spacial score (nSPS) is 13.2. The lowest BCUT2D eigenvalue weighted by molar-refractivity contribution is -0.126. The SMILES string of the molecule is CC(C)=CCCC(C)=CCCC(C)=CC(=O)N(C)CC(O)c1ccc(O)c(O)c1. The Morgan fingerprint density at radius 2 is 1.62 bits per heavy atom. The summed E-state index contributed by atoms with van der Waals surface area (Å²) >= 11 is 0. The minimum atomic E-state index is -0.949. The highest BCUT2D eigenvalue weighted by Gasteiger charge is 2.15. The van der Waals surface area contributed by atoms with Gasteiger partial charge in [0.2, 0.25) is 5.91 Å². The fraction of sp³-hybridized carbons (Fsp3) is 0.458. The molecule has 1 rings (SSSR count). The second kappa shape index (κ2) is 12.1. The van der Waals surface area contributed by atoms with Crippen LogP contribution in [0.15, 0.2) is 53.1 Å². The molecule has 0 spiro atoms. The Morgan fingerprint density at radius 1 is 1.00 bits per heavy atom. The number of allylic oxidation sites excluding steroid dienone is 5. The number of phenols is 2. The van der Waals surface area contributed by atoms with E-state index >= 15 is 0 Å². The summed E-state index contributed by atoms with van der Waals surface area (Å²) in [6.07, 6.45) is 8.95. The molecule has 1 aromatic rings. The highest BCUT2D eigenvalue weighted by molar-refractivity contribution is 5.88. The summed E-state index contributed by atoms with van der Waals surface area (Å²) in [7, 11) is 1.63. The van der Waals surface area contributed by atoms with Gasteiger partial charge in [-0.15, -0.1) is 0 Å². The van der Waals surface area contributed by atoms with Crippen molar-refractivity contribution in [3.63, 3.8) is 0 Å².